The molecule has 0 heterocycles. The van der Waals surface area contributed by atoms with Gasteiger partial charge in [0.15, 0.2) is 0 Å². The topological polar surface area (TPSA) is 49.4 Å². The van der Waals surface area contributed by atoms with Crippen molar-refractivity contribution in [1.82, 2.24) is 4.90 Å². The van der Waals surface area contributed by atoms with Gasteiger partial charge in [0.1, 0.15) is 0 Å². The molecule has 0 atom stereocenters. The largest absolute Gasteiger partial charge is 0.416 e. The Balaban J connectivity index is 1.78. The van der Waals surface area contributed by atoms with Gasteiger partial charge in [0.05, 0.1) is 5.56 Å². The number of hydrogen-bond donors (Lipinski definition) is 1. The number of benzene rings is 3. The summed E-state index contributed by atoms with van der Waals surface area (Å²) in [6.07, 6.45) is -4.54. The number of nitrogens with one attached hydrogen (secondary N) is 1. The van der Waals surface area contributed by atoms with Crippen molar-refractivity contribution < 1.29 is 22.8 Å². The van der Waals surface area contributed by atoms with Gasteiger partial charge in [-0.15, -0.1) is 0 Å². The van der Waals surface area contributed by atoms with Gasteiger partial charge in [-0.25, -0.2) is 0 Å². The van der Waals surface area contributed by atoms with Crippen molar-refractivity contribution in [2.24, 2.45) is 0 Å². The summed E-state index contributed by atoms with van der Waals surface area (Å²) in [5.74, 6) is -1.83. The summed E-state index contributed by atoms with van der Waals surface area (Å²) in [6, 6.07) is 22.5. The minimum Gasteiger partial charge on any atom is -0.326 e. The van der Waals surface area contributed by atoms with Crippen molar-refractivity contribution in [3.05, 3.63) is 102 Å². The fraction of sp³-hybridized carbons (Fsp3) is 0.130. The minimum absolute atomic E-state index is 0.0949. The predicted octanol–water partition coefficient (Wildman–Crippen LogP) is 4.87. The van der Waals surface area contributed by atoms with Crippen LogP contribution in [0.1, 0.15) is 16.7 Å². The number of rotatable bonds is 5. The highest BCUT2D eigenvalue weighted by atomic mass is 19.4. The molecule has 2 amide bonds. The third-order valence-corrected chi connectivity index (χ3v) is 4.36. The first-order valence-electron chi connectivity index (χ1n) is 9.18. The van der Waals surface area contributed by atoms with Crippen LogP contribution >= 0.6 is 0 Å². The van der Waals surface area contributed by atoms with Crippen LogP contribution in [0.3, 0.4) is 0 Å². The molecule has 3 aromatic carbocycles. The van der Waals surface area contributed by atoms with Gasteiger partial charge >= 0.3 is 18.0 Å². The SMILES string of the molecule is O=C(Nc1cccc(C(F)(F)F)c1)C(=O)N(Cc1ccccc1)Cc1ccccc1. The van der Waals surface area contributed by atoms with Crippen LogP contribution in [0.2, 0.25) is 0 Å². The summed E-state index contributed by atoms with van der Waals surface area (Å²) in [5, 5.41) is 2.28. The van der Waals surface area contributed by atoms with Crippen molar-refractivity contribution >= 4 is 17.5 Å². The van der Waals surface area contributed by atoms with Crippen LogP contribution < -0.4 is 5.32 Å². The molecule has 0 aromatic heterocycles. The second kappa shape index (κ2) is 9.26. The summed E-state index contributed by atoms with van der Waals surface area (Å²) in [7, 11) is 0. The second-order valence-electron chi connectivity index (χ2n) is 6.67. The lowest BCUT2D eigenvalue weighted by Crippen LogP contribution is -2.39. The number of hydrogen-bond acceptors (Lipinski definition) is 2. The Bertz CT molecular complexity index is 964. The van der Waals surface area contributed by atoms with Crippen LogP contribution in [0.4, 0.5) is 18.9 Å². The van der Waals surface area contributed by atoms with E-state index in [1.165, 1.54) is 17.0 Å². The molecule has 0 aliphatic carbocycles. The standard InChI is InChI=1S/C23H19F3N2O2/c24-23(25,26)19-12-7-13-20(14-19)27-21(29)22(30)28(15-17-8-3-1-4-9-17)16-18-10-5-2-6-11-18/h1-14H,15-16H2,(H,27,29). The molecule has 3 aromatic rings. The molecule has 0 aliphatic heterocycles. The molecule has 0 aliphatic rings. The first-order chi connectivity index (χ1) is 14.3. The molecule has 3 rings (SSSR count). The highest BCUT2D eigenvalue weighted by molar-refractivity contribution is 6.39. The molecule has 0 fully saturated rings. The summed E-state index contributed by atoms with van der Waals surface area (Å²) in [5.41, 5.74) is 0.656. The average Bonchev–Trinajstić information content (AvgIpc) is 2.74. The monoisotopic (exact) mass is 412 g/mol. The van der Waals surface area contributed by atoms with E-state index >= 15 is 0 Å². The zero-order valence-corrected chi connectivity index (χ0v) is 15.9. The maximum absolute atomic E-state index is 12.9. The molecule has 154 valence electrons. The van der Waals surface area contributed by atoms with Crippen LogP contribution in [-0.2, 0) is 28.9 Å². The lowest BCUT2D eigenvalue weighted by atomic mass is 10.1. The Hall–Kier alpha value is -3.61. The molecule has 0 saturated heterocycles. The smallest absolute Gasteiger partial charge is 0.326 e. The molecule has 0 bridgehead atoms. The summed E-state index contributed by atoms with van der Waals surface area (Å²) in [4.78, 5) is 26.7. The molecule has 0 unspecified atom stereocenters. The number of nitrogens with zero attached hydrogens (tertiary/aromatic N) is 1. The Kier molecular flexibility index (Phi) is 6.51. The van der Waals surface area contributed by atoms with E-state index in [0.717, 1.165) is 23.3 Å². The Labute approximate surface area is 171 Å². The second-order valence-corrected chi connectivity index (χ2v) is 6.67. The normalized spacial score (nSPS) is 11.0. The number of anilines is 1. The molecule has 0 radical (unpaired) electrons. The van der Waals surface area contributed by atoms with E-state index in [-0.39, 0.29) is 18.8 Å². The van der Waals surface area contributed by atoms with Crippen molar-refractivity contribution in [2.45, 2.75) is 19.3 Å². The van der Waals surface area contributed by atoms with Gasteiger partial charge in [0.2, 0.25) is 0 Å². The Morgan fingerprint density at radius 1 is 0.767 bits per heavy atom. The van der Waals surface area contributed by atoms with Gasteiger partial charge in [-0.3, -0.25) is 9.59 Å². The van der Waals surface area contributed by atoms with E-state index in [1.807, 2.05) is 60.7 Å². The minimum atomic E-state index is -4.54. The van der Waals surface area contributed by atoms with Gasteiger partial charge in [0, 0.05) is 18.8 Å². The first-order valence-corrected chi connectivity index (χ1v) is 9.18. The van der Waals surface area contributed by atoms with Crippen molar-refractivity contribution in [2.75, 3.05) is 5.32 Å². The van der Waals surface area contributed by atoms with E-state index in [4.69, 9.17) is 0 Å². The summed E-state index contributed by atoms with van der Waals surface area (Å²) in [6.45, 7) is 0.370. The predicted molar refractivity (Wildman–Crippen MR) is 107 cm³/mol. The Morgan fingerprint density at radius 3 is 1.80 bits per heavy atom. The number of alkyl halides is 3. The Morgan fingerprint density at radius 2 is 1.30 bits per heavy atom. The highest BCUT2D eigenvalue weighted by Gasteiger charge is 2.31. The number of carbonyl (C=O) groups is 2. The van der Waals surface area contributed by atoms with Crippen LogP contribution in [0.15, 0.2) is 84.9 Å². The molecule has 4 nitrogen and oxygen atoms in total. The molecule has 7 heteroatoms. The summed E-state index contributed by atoms with van der Waals surface area (Å²) >= 11 is 0. The molecule has 30 heavy (non-hydrogen) atoms. The van der Waals surface area contributed by atoms with E-state index in [1.54, 1.807) is 0 Å². The molecular weight excluding hydrogens is 393 g/mol. The quantitative estimate of drug-likeness (QED) is 0.608. The highest BCUT2D eigenvalue weighted by Crippen LogP contribution is 2.30. The van der Waals surface area contributed by atoms with Gasteiger partial charge < -0.3 is 10.2 Å². The van der Waals surface area contributed by atoms with Gasteiger partial charge in [0.25, 0.3) is 0 Å². The van der Waals surface area contributed by atoms with E-state index < -0.39 is 23.6 Å². The van der Waals surface area contributed by atoms with Crippen LogP contribution in [-0.4, -0.2) is 16.7 Å². The third kappa shape index (κ3) is 5.70. The fourth-order valence-corrected chi connectivity index (χ4v) is 2.91. The molecular formula is C23H19F3N2O2. The van der Waals surface area contributed by atoms with E-state index in [9.17, 15) is 22.8 Å². The zero-order valence-electron chi connectivity index (χ0n) is 15.9. The van der Waals surface area contributed by atoms with Crippen LogP contribution in [0.5, 0.6) is 0 Å². The third-order valence-electron chi connectivity index (χ3n) is 4.36. The van der Waals surface area contributed by atoms with Crippen molar-refractivity contribution in [3.8, 4) is 0 Å². The zero-order chi connectivity index (χ0) is 21.6. The van der Waals surface area contributed by atoms with Gasteiger partial charge in [-0.1, -0.05) is 66.7 Å². The fourth-order valence-electron chi connectivity index (χ4n) is 2.91. The summed E-state index contributed by atoms with van der Waals surface area (Å²) < 4.78 is 38.7. The van der Waals surface area contributed by atoms with Crippen LogP contribution in [0, 0.1) is 0 Å². The molecule has 1 N–H and O–H groups in total. The van der Waals surface area contributed by atoms with Gasteiger partial charge in [-0.2, -0.15) is 13.2 Å². The van der Waals surface area contributed by atoms with E-state index in [2.05, 4.69) is 5.32 Å². The molecule has 0 saturated carbocycles. The lowest BCUT2D eigenvalue weighted by Gasteiger charge is -2.22. The van der Waals surface area contributed by atoms with Gasteiger partial charge in [-0.05, 0) is 29.3 Å². The lowest BCUT2D eigenvalue weighted by molar-refractivity contribution is -0.144. The number of carbonyl (C=O) groups excluding carboxylic acids is 2. The number of amides is 2. The average molecular weight is 412 g/mol. The van der Waals surface area contributed by atoms with Crippen molar-refractivity contribution in [3.63, 3.8) is 0 Å². The first kappa shape index (κ1) is 21.1. The maximum atomic E-state index is 12.9. The van der Waals surface area contributed by atoms with Crippen LogP contribution in [0.25, 0.3) is 0 Å². The maximum Gasteiger partial charge on any atom is 0.416 e. The molecule has 0 spiro atoms. The number of halogens is 3. The van der Waals surface area contributed by atoms with E-state index in [0.29, 0.717) is 0 Å². The van der Waals surface area contributed by atoms with Crippen molar-refractivity contribution in [1.29, 1.82) is 0 Å².